The molecule has 2 aromatic rings. The van der Waals surface area contributed by atoms with Crippen molar-refractivity contribution in [2.24, 2.45) is 5.92 Å². The summed E-state index contributed by atoms with van der Waals surface area (Å²) >= 11 is 6.02. The van der Waals surface area contributed by atoms with Gasteiger partial charge in [0.1, 0.15) is 10.6 Å². The van der Waals surface area contributed by atoms with Gasteiger partial charge in [0, 0.05) is 25.1 Å². The third-order valence-corrected chi connectivity index (χ3v) is 6.74. The number of benzene rings is 2. The van der Waals surface area contributed by atoms with E-state index in [4.69, 9.17) is 21.2 Å². The number of fused-ring (bicyclic) bond motifs is 1. The average Bonchev–Trinajstić information content (AvgIpc) is 2.71. The summed E-state index contributed by atoms with van der Waals surface area (Å²) < 4.78 is 31.3. The fourth-order valence-corrected chi connectivity index (χ4v) is 4.41. The minimum Gasteiger partial charge on any atom is -0.493 e. The standard InChI is InChI=1S/C19H21ClN2O5S/c1-22(26-2)28(24,25)18-10-15(7-8-16(18)20)19(23)21-11-13-9-14-5-3-4-6-17(14)27-12-13/h3-8,10,13H,9,11-12H2,1-2H3,(H,21,23). The molecule has 0 saturated carbocycles. The van der Waals surface area contributed by atoms with E-state index in [0.717, 1.165) is 17.7 Å². The van der Waals surface area contributed by atoms with Gasteiger partial charge in [-0.15, -0.1) is 0 Å². The zero-order chi connectivity index (χ0) is 20.3. The van der Waals surface area contributed by atoms with Crippen LogP contribution in [0.1, 0.15) is 15.9 Å². The zero-order valence-corrected chi connectivity index (χ0v) is 17.1. The minimum atomic E-state index is -3.97. The van der Waals surface area contributed by atoms with E-state index in [2.05, 4.69) is 5.32 Å². The van der Waals surface area contributed by atoms with Gasteiger partial charge in [-0.25, -0.2) is 8.42 Å². The lowest BCUT2D eigenvalue weighted by molar-refractivity contribution is -0.0258. The number of carbonyl (C=O) groups excluding carboxylic acids is 1. The average molecular weight is 425 g/mol. The van der Waals surface area contributed by atoms with Crippen LogP contribution in [0, 0.1) is 5.92 Å². The molecule has 2 aromatic carbocycles. The lowest BCUT2D eigenvalue weighted by Gasteiger charge is -2.25. The summed E-state index contributed by atoms with van der Waals surface area (Å²) in [6.07, 6.45) is 0.801. The van der Waals surface area contributed by atoms with E-state index in [1.54, 1.807) is 0 Å². The van der Waals surface area contributed by atoms with E-state index >= 15 is 0 Å². The number of carbonyl (C=O) groups is 1. The van der Waals surface area contributed by atoms with Crippen LogP contribution in [-0.4, -0.2) is 46.1 Å². The first-order valence-electron chi connectivity index (χ1n) is 8.64. The van der Waals surface area contributed by atoms with E-state index in [1.807, 2.05) is 24.3 Å². The third-order valence-electron chi connectivity index (χ3n) is 4.57. The number of ether oxygens (including phenoxy) is 1. The van der Waals surface area contributed by atoms with Gasteiger partial charge in [-0.05, 0) is 36.2 Å². The number of sulfonamides is 1. The van der Waals surface area contributed by atoms with Crippen molar-refractivity contribution < 1.29 is 22.8 Å². The van der Waals surface area contributed by atoms with E-state index in [-0.39, 0.29) is 27.3 Å². The van der Waals surface area contributed by atoms with E-state index in [1.165, 1.54) is 32.4 Å². The Bertz CT molecular complexity index is 980. The second-order valence-electron chi connectivity index (χ2n) is 6.44. The Balaban J connectivity index is 1.69. The molecule has 0 aliphatic carbocycles. The number of nitrogens with zero attached hydrogens (tertiary/aromatic N) is 1. The van der Waals surface area contributed by atoms with Crippen molar-refractivity contribution in [1.82, 2.24) is 9.79 Å². The Kier molecular flexibility index (Phi) is 6.24. The monoisotopic (exact) mass is 424 g/mol. The highest BCUT2D eigenvalue weighted by Crippen LogP contribution is 2.27. The Morgan fingerprint density at radius 2 is 2.07 bits per heavy atom. The molecule has 3 rings (SSSR count). The maximum atomic E-state index is 12.5. The fraction of sp³-hybridized carbons (Fsp3) is 0.316. The number of hydrogen-bond acceptors (Lipinski definition) is 5. The number of nitrogens with one attached hydrogen (secondary N) is 1. The van der Waals surface area contributed by atoms with Crippen molar-refractivity contribution in [3.05, 3.63) is 58.6 Å². The topological polar surface area (TPSA) is 84.9 Å². The smallest absolute Gasteiger partial charge is 0.266 e. The van der Waals surface area contributed by atoms with Crippen LogP contribution in [0.4, 0.5) is 0 Å². The first-order chi connectivity index (χ1) is 13.3. The largest absolute Gasteiger partial charge is 0.493 e. The van der Waals surface area contributed by atoms with E-state index in [9.17, 15) is 13.2 Å². The molecule has 7 nitrogen and oxygen atoms in total. The molecular formula is C19H21ClN2O5S. The Hall–Kier alpha value is -2.13. The highest BCUT2D eigenvalue weighted by atomic mass is 35.5. The highest BCUT2D eigenvalue weighted by molar-refractivity contribution is 7.89. The molecule has 28 heavy (non-hydrogen) atoms. The van der Waals surface area contributed by atoms with Gasteiger partial charge in [-0.3, -0.25) is 9.63 Å². The predicted octanol–water partition coefficient (Wildman–Crippen LogP) is 2.50. The van der Waals surface area contributed by atoms with Crippen LogP contribution in [0.3, 0.4) is 0 Å². The van der Waals surface area contributed by atoms with Crippen molar-refractivity contribution in [3.8, 4) is 5.75 Å². The predicted molar refractivity (Wildman–Crippen MR) is 105 cm³/mol. The summed E-state index contributed by atoms with van der Waals surface area (Å²) in [5.41, 5.74) is 1.31. The third kappa shape index (κ3) is 4.30. The molecule has 1 aliphatic heterocycles. The quantitative estimate of drug-likeness (QED) is 0.720. The van der Waals surface area contributed by atoms with Gasteiger partial charge in [0.25, 0.3) is 15.9 Å². The molecule has 0 radical (unpaired) electrons. The molecule has 1 amide bonds. The number of amides is 1. The summed E-state index contributed by atoms with van der Waals surface area (Å²) in [6.45, 7) is 0.923. The van der Waals surface area contributed by atoms with Gasteiger partial charge in [-0.1, -0.05) is 34.3 Å². The maximum absolute atomic E-state index is 12.5. The second kappa shape index (κ2) is 8.48. The van der Waals surface area contributed by atoms with Crippen LogP contribution in [0.5, 0.6) is 5.75 Å². The lowest BCUT2D eigenvalue weighted by Crippen LogP contribution is -2.35. The molecule has 9 heteroatoms. The SMILES string of the molecule is CON(C)S(=O)(=O)c1cc(C(=O)NCC2COc3ccccc3C2)ccc1Cl. The lowest BCUT2D eigenvalue weighted by atomic mass is 9.96. The summed E-state index contributed by atoms with van der Waals surface area (Å²) in [5.74, 6) is 0.626. The molecule has 1 aliphatic rings. The van der Waals surface area contributed by atoms with Gasteiger partial charge in [0.2, 0.25) is 0 Å². The van der Waals surface area contributed by atoms with Crippen molar-refractivity contribution in [2.75, 3.05) is 27.3 Å². The zero-order valence-electron chi connectivity index (χ0n) is 15.5. The Morgan fingerprint density at radius 1 is 1.32 bits per heavy atom. The highest BCUT2D eigenvalue weighted by Gasteiger charge is 2.26. The first-order valence-corrected chi connectivity index (χ1v) is 10.5. The molecule has 0 saturated heterocycles. The molecule has 0 aromatic heterocycles. The van der Waals surface area contributed by atoms with Crippen LogP contribution in [-0.2, 0) is 21.3 Å². The van der Waals surface area contributed by atoms with Crippen molar-refractivity contribution >= 4 is 27.5 Å². The molecule has 0 spiro atoms. The number of hydroxylamine groups is 1. The van der Waals surface area contributed by atoms with Crippen LogP contribution >= 0.6 is 11.6 Å². The summed E-state index contributed by atoms with van der Waals surface area (Å²) in [5, 5.41) is 2.85. The fourth-order valence-electron chi connectivity index (χ4n) is 2.94. The number of hydrogen-bond donors (Lipinski definition) is 1. The van der Waals surface area contributed by atoms with E-state index in [0.29, 0.717) is 17.6 Å². The minimum absolute atomic E-state index is 0.0118. The molecule has 1 unspecified atom stereocenters. The normalized spacial score (nSPS) is 16.4. The van der Waals surface area contributed by atoms with Crippen LogP contribution < -0.4 is 10.1 Å². The molecule has 0 bridgehead atoms. The molecular weight excluding hydrogens is 404 g/mol. The number of rotatable bonds is 6. The van der Waals surface area contributed by atoms with Crippen LogP contribution in [0.25, 0.3) is 0 Å². The Morgan fingerprint density at radius 3 is 2.82 bits per heavy atom. The molecule has 0 fully saturated rings. The first kappa shape index (κ1) is 20.6. The van der Waals surface area contributed by atoms with Crippen LogP contribution in [0.2, 0.25) is 5.02 Å². The Labute approximate surface area is 169 Å². The van der Waals surface area contributed by atoms with Gasteiger partial charge >= 0.3 is 0 Å². The van der Waals surface area contributed by atoms with Crippen molar-refractivity contribution in [2.45, 2.75) is 11.3 Å². The van der Waals surface area contributed by atoms with Gasteiger partial charge in [0.05, 0.1) is 18.7 Å². The molecule has 150 valence electrons. The number of para-hydroxylation sites is 1. The summed E-state index contributed by atoms with van der Waals surface area (Å²) in [4.78, 5) is 17.1. The van der Waals surface area contributed by atoms with Crippen molar-refractivity contribution in [3.63, 3.8) is 0 Å². The second-order valence-corrected chi connectivity index (χ2v) is 8.75. The van der Waals surface area contributed by atoms with Crippen molar-refractivity contribution in [1.29, 1.82) is 0 Å². The molecule has 1 atom stereocenters. The number of halogens is 1. The summed E-state index contributed by atoms with van der Waals surface area (Å²) in [6, 6.07) is 11.9. The van der Waals surface area contributed by atoms with Gasteiger partial charge < -0.3 is 10.1 Å². The van der Waals surface area contributed by atoms with Gasteiger partial charge in [-0.2, -0.15) is 0 Å². The molecule has 1 heterocycles. The van der Waals surface area contributed by atoms with Gasteiger partial charge in [0.15, 0.2) is 0 Å². The molecule has 1 N–H and O–H groups in total. The van der Waals surface area contributed by atoms with Crippen LogP contribution in [0.15, 0.2) is 47.4 Å². The van der Waals surface area contributed by atoms with E-state index < -0.39 is 10.0 Å². The maximum Gasteiger partial charge on any atom is 0.266 e. The summed E-state index contributed by atoms with van der Waals surface area (Å²) in [7, 11) is -1.49.